The number of hydrogen-bond donors (Lipinski definition) is 2. The Balaban J connectivity index is 2.13. The van der Waals surface area contributed by atoms with E-state index in [4.69, 9.17) is 17.3 Å². The first-order valence-corrected chi connectivity index (χ1v) is 7.26. The summed E-state index contributed by atoms with van der Waals surface area (Å²) in [5, 5.41) is 3.57. The molecule has 3 N–H and O–H groups in total. The first kappa shape index (κ1) is 14.9. The van der Waals surface area contributed by atoms with Gasteiger partial charge in [-0.25, -0.2) is 0 Å². The summed E-state index contributed by atoms with van der Waals surface area (Å²) in [5.41, 5.74) is 7.79. The van der Waals surface area contributed by atoms with Crippen molar-refractivity contribution in [3.05, 3.63) is 63.1 Å². The van der Waals surface area contributed by atoms with E-state index in [2.05, 4.69) is 21.2 Å². The number of amides is 1. The maximum atomic E-state index is 12.2. The minimum Gasteiger partial charge on any atom is -0.398 e. The van der Waals surface area contributed by atoms with E-state index in [-0.39, 0.29) is 11.9 Å². The van der Waals surface area contributed by atoms with Gasteiger partial charge in [0.05, 0.1) is 6.04 Å². The molecule has 0 spiro atoms. The highest BCUT2D eigenvalue weighted by Gasteiger charge is 2.12. The zero-order valence-electron chi connectivity index (χ0n) is 10.9. The Kier molecular flexibility index (Phi) is 4.68. The minimum absolute atomic E-state index is 0.133. The number of anilines is 1. The highest BCUT2D eigenvalue weighted by atomic mass is 79.9. The van der Waals surface area contributed by atoms with Crippen LogP contribution < -0.4 is 11.1 Å². The number of nitrogen functional groups attached to an aromatic ring is 1. The molecule has 0 radical (unpaired) electrons. The zero-order chi connectivity index (χ0) is 14.7. The lowest BCUT2D eigenvalue weighted by Gasteiger charge is -2.15. The summed E-state index contributed by atoms with van der Waals surface area (Å²) in [6, 6.07) is 12.4. The molecule has 0 aromatic heterocycles. The van der Waals surface area contributed by atoms with Gasteiger partial charge in [-0.15, -0.1) is 0 Å². The van der Waals surface area contributed by atoms with Gasteiger partial charge in [0.1, 0.15) is 0 Å². The van der Waals surface area contributed by atoms with Crippen LogP contribution in [0.15, 0.2) is 46.9 Å². The van der Waals surface area contributed by atoms with E-state index in [1.807, 2.05) is 25.1 Å². The van der Waals surface area contributed by atoms with Crippen LogP contribution in [0.5, 0.6) is 0 Å². The Morgan fingerprint density at radius 2 is 2.05 bits per heavy atom. The van der Waals surface area contributed by atoms with Crippen molar-refractivity contribution < 1.29 is 4.79 Å². The van der Waals surface area contributed by atoms with E-state index < -0.39 is 0 Å². The number of hydrogen-bond acceptors (Lipinski definition) is 2. The van der Waals surface area contributed by atoms with Gasteiger partial charge in [-0.2, -0.15) is 0 Å². The number of nitrogens with two attached hydrogens (primary N) is 1. The third kappa shape index (κ3) is 3.52. The Bertz CT molecular complexity index is 646. The summed E-state index contributed by atoms with van der Waals surface area (Å²) in [6.07, 6.45) is 0. The molecular weight excluding hydrogens is 340 g/mol. The van der Waals surface area contributed by atoms with E-state index >= 15 is 0 Å². The van der Waals surface area contributed by atoms with Crippen LogP contribution in [-0.4, -0.2) is 5.91 Å². The number of nitrogens with one attached hydrogen (secondary N) is 1. The smallest absolute Gasteiger partial charge is 0.251 e. The lowest BCUT2D eigenvalue weighted by Crippen LogP contribution is -2.26. The van der Waals surface area contributed by atoms with Gasteiger partial charge in [0.2, 0.25) is 0 Å². The summed E-state index contributed by atoms with van der Waals surface area (Å²) < 4.78 is 0.775. The minimum atomic E-state index is -0.170. The maximum absolute atomic E-state index is 12.2. The quantitative estimate of drug-likeness (QED) is 0.813. The SMILES string of the molecule is CC(NC(=O)c1ccc(Br)c(N)c1)c1cccc(Cl)c1. The van der Waals surface area contributed by atoms with Crippen LogP contribution in [0.25, 0.3) is 0 Å². The largest absolute Gasteiger partial charge is 0.398 e. The van der Waals surface area contributed by atoms with Gasteiger partial charge in [0.25, 0.3) is 5.91 Å². The normalized spacial score (nSPS) is 11.9. The fourth-order valence-corrected chi connectivity index (χ4v) is 2.27. The predicted molar refractivity (Wildman–Crippen MR) is 85.9 cm³/mol. The second-order valence-corrected chi connectivity index (χ2v) is 5.78. The average molecular weight is 354 g/mol. The number of rotatable bonds is 3. The lowest BCUT2D eigenvalue weighted by molar-refractivity contribution is 0.0940. The van der Waals surface area contributed by atoms with Crippen LogP contribution >= 0.6 is 27.5 Å². The maximum Gasteiger partial charge on any atom is 0.251 e. The fraction of sp³-hybridized carbons (Fsp3) is 0.133. The van der Waals surface area contributed by atoms with Gasteiger partial charge in [-0.3, -0.25) is 4.79 Å². The third-order valence-corrected chi connectivity index (χ3v) is 3.91. The Morgan fingerprint density at radius 3 is 2.70 bits per heavy atom. The molecule has 2 aromatic rings. The zero-order valence-corrected chi connectivity index (χ0v) is 13.2. The van der Waals surface area contributed by atoms with Crippen LogP contribution in [0.1, 0.15) is 28.9 Å². The van der Waals surface area contributed by atoms with Crippen molar-refractivity contribution in [1.29, 1.82) is 0 Å². The van der Waals surface area contributed by atoms with Crippen LogP contribution in [0.4, 0.5) is 5.69 Å². The number of benzene rings is 2. The van der Waals surface area contributed by atoms with Gasteiger partial charge in [0, 0.05) is 20.7 Å². The summed E-state index contributed by atoms with van der Waals surface area (Å²) in [4.78, 5) is 12.2. The summed E-state index contributed by atoms with van der Waals surface area (Å²) in [7, 11) is 0. The molecule has 0 heterocycles. The van der Waals surface area contributed by atoms with E-state index in [0.29, 0.717) is 16.3 Å². The average Bonchev–Trinajstić information content (AvgIpc) is 2.41. The molecular formula is C15H14BrClN2O. The van der Waals surface area contributed by atoms with Gasteiger partial charge >= 0.3 is 0 Å². The van der Waals surface area contributed by atoms with Crippen molar-refractivity contribution in [3.8, 4) is 0 Å². The molecule has 104 valence electrons. The number of carbonyl (C=O) groups is 1. The Labute approximate surface area is 131 Å². The van der Waals surface area contributed by atoms with Crippen molar-refractivity contribution in [1.82, 2.24) is 5.32 Å². The van der Waals surface area contributed by atoms with Crippen molar-refractivity contribution >= 4 is 39.1 Å². The topological polar surface area (TPSA) is 55.1 Å². The van der Waals surface area contributed by atoms with E-state index in [1.165, 1.54) is 0 Å². The molecule has 0 fully saturated rings. The van der Waals surface area contributed by atoms with Crippen molar-refractivity contribution in [3.63, 3.8) is 0 Å². The molecule has 0 aliphatic rings. The Hall–Kier alpha value is -1.52. The van der Waals surface area contributed by atoms with E-state index in [0.717, 1.165) is 10.0 Å². The monoisotopic (exact) mass is 352 g/mol. The Morgan fingerprint density at radius 1 is 1.30 bits per heavy atom. The van der Waals surface area contributed by atoms with Crippen LogP contribution in [0.3, 0.4) is 0 Å². The predicted octanol–water partition coefficient (Wildman–Crippen LogP) is 4.18. The molecule has 1 atom stereocenters. The molecule has 0 aliphatic heterocycles. The molecule has 1 unspecified atom stereocenters. The molecule has 0 saturated heterocycles. The van der Waals surface area contributed by atoms with Crippen molar-refractivity contribution in [2.75, 3.05) is 5.73 Å². The first-order chi connectivity index (χ1) is 9.47. The summed E-state index contributed by atoms with van der Waals surface area (Å²) in [5.74, 6) is -0.170. The van der Waals surface area contributed by atoms with Crippen LogP contribution in [0.2, 0.25) is 5.02 Å². The molecule has 0 bridgehead atoms. The molecule has 20 heavy (non-hydrogen) atoms. The van der Waals surface area contributed by atoms with Gasteiger partial charge in [-0.1, -0.05) is 23.7 Å². The fourth-order valence-electron chi connectivity index (χ4n) is 1.82. The molecule has 1 amide bonds. The second kappa shape index (κ2) is 6.29. The third-order valence-electron chi connectivity index (χ3n) is 2.95. The highest BCUT2D eigenvalue weighted by Crippen LogP contribution is 2.21. The van der Waals surface area contributed by atoms with Gasteiger partial charge in [-0.05, 0) is 58.7 Å². The second-order valence-electron chi connectivity index (χ2n) is 4.49. The standard InChI is InChI=1S/C15H14BrClN2O/c1-9(10-3-2-4-12(17)7-10)19-15(20)11-5-6-13(16)14(18)8-11/h2-9H,18H2,1H3,(H,19,20). The summed E-state index contributed by atoms with van der Waals surface area (Å²) >= 11 is 9.25. The van der Waals surface area contributed by atoms with Crippen molar-refractivity contribution in [2.45, 2.75) is 13.0 Å². The molecule has 3 nitrogen and oxygen atoms in total. The molecule has 2 aromatic carbocycles. The van der Waals surface area contributed by atoms with Gasteiger partial charge < -0.3 is 11.1 Å². The summed E-state index contributed by atoms with van der Waals surface area (Å²) in [6.45, 7) is 1.91. The number of halogens is 2. The molecule has 5 heteroatoms. The van der Waals surface area contributed by atoms with Crippen molar-refractivity contribution in [2.24, 2.45) is 0 Å². The molecule has 2 rings (SSSR count). The highest BCUT2D eigenvalue weighted by molar-refractivity contribution is 9.10. The van der Waals surface area contributed by atoms with E-state index in [9.17, 15) is 4.79 Å². The molecule has 0 saturated carbocycles. The molecule has 0 aliphatic carbocycles. The van der Waals surface area contributed by atoms with E-state index in [1.54, 1.807) is 24.3 Å². The van der Waals surface area contributed by atoms with Gasteiger partial charge in [0.15, 0.2) is 0 Å². The first-order valence-electron chi connectivity index (χ1n) is 6.08. The van der Waals surface area contributed by atoms with Crippen LogP contribution in [0, 0.1) is 0 Å². The number of carbonyl (C=O) groups excluding carboxylic acids is 1. The lowest BCUT2D eigenvalue weighted by atomic mass is 10.1. The van der Waals surface area contributed by atoms with Crippen LogP contribution in [-0.2, 0) is 0 Å².